The van der Waals surface area contributed by atoms with E-state index < -0.39 is 0 Å². The Morgan fingerprint density at radius 1 is 0.800 bits per heavy atom. The van der Waals surface area contributed by atoms with E-state index in [1.807, 2.05) is 42.5 Å². The van der Waals surface area contributed by atoms with Crippen LogP contribution in [0.2, 0.25) is 10.0 Å². The molecule has 0 saturated carbocycles. The zero-order valence-corrected chi connectivity index (χ0v) is 15.7. The van der Waals surface area contributed by atoms with E-state index in [9.17, 15) is 4.79 Å². The molecule has 0 fully saturated rings. The molecule has 25 heavy (non-hydrogen) atoms. The number of ketones is 1. The molecule has 0 bridgehead atoms. The molecule has 3 aromatic carbocycles. The lowest BCUT2D eigenvalue weighted by molar-refractivity contribution is 0.0982. The van der Waals surface area contributed by atoms with Crippen LogP contribution in [0.25, 0.3) is 0 Å². The molecule has 0 radical (unpaired) electrons. The quantitative estimate of drug-likeness (QED) is 0.331. The second-order valence-corrected chi connectivity index (χ2v) is 7.75. The topological polar surface area (TPSA) is 17.1 Å². The Hall–Kier alpha value is -1.74. The molecule has 0 aliphatic heterocycles. The molecule has 0 aromatic heterocycles. The first-order valence-corrected chi connectivity index (χ1v) is 9.51. The van der Waals surface area contributed by atoms with Gasteiger partial charge in [-0.05, 0) is 54.1 Å². The summed E-state index contributed by atoms with van der Waals surface area (Å²) in [6.07, 6.45) is 0.416. The largest absolute Gasteiger partial charge is 0.294 e. The average Bonchev–Trinajstić information content (AvgIpc) is 2.64. The highest BCUT2D eigenvalue weighted by molar-refractivity contribution is 7.99. The van der Waals surface area contributed by atoms with Gasteiger partial charge in [0.05, 0.1) is 0 Å². The third-order valence-electron chi connectivity index (χ3n) is 3.80. The predicted molar refractivity (Wildman–Crippen MR) is 107 cm³/mol. The molecule has 3 rings (SSSR count). The lowest BCUT2D eigenvalue weighted by Crippen LogP contribution is -2.05. The van der Waals surface area contributed by atoms with Gasteiger partial charge in [0, 0.05) is 32.2 Å². The summed E-state index contributed by atoms with van der Waals surface area (Å²) in [5.41, 5.74) is 1.81. The van der Waals surface area contributed by atoms with Crippen molar-refractivity contribution < 1.29 is 4.79 Å². The Bertz CT molecular complexity index is 830. The zero-order chi connectivity index (χ0) is 17.6. The molecule has 0 spiro atoms. The number of hydrogen-bond donors (Lipinski definition) is 0. The summed E-state index contributed by atoms with van der Waals surface area (Å²) < 4.78 is 0. The van der Waals surface area contributed by atoms with E-state index in [0.717, 1.165) is 10.5 Å². The fourth-order valence-electron chi connectivity index (χ4n) is 2.49. The molecule has 0 aliphatic carbocycles. The van der Waals surface area contributed by atoms with Gasteiger partial charge in [0.1, 0.15) is 0 Å². The second-order valence-electron chi connectivity index (χ2n) is 5.61. The van der Waals surface area contributed by atoms with Crippen LogP contribution in [0.5, 0.6) is 0 Å². The van der Waals surface area contributed by atoms with Crippen molar-refractivity contribution >= 4 is 40.7 Å². The number of rotatable bonds is 6. The Kier molecular flexibility index (Phi) is 6.19. The standard InChI is InChI=1S/C21H16Cl2OS/c22-17-8-6-15(7-9-17)20(24)14-21(16-4-2-1-3-5-16)25-19-12-10-18(23)11-13-19/h1-13,21H,14H2/t21-/m1/s1. The number of carbonyl (C=O) groups excluding carboxylic acids is 1. The molecular formula is C21H16Cl2OS. The van der Waals surface area contributed by atoms with Gasteiger partial charge in [0.25, 0.3) is 0 Å². The first-order chi connectivity index (χ1) is 12.1. The molecule has 1 atom stereocenters. The number of benzene rings is 3. The van der Waals surface area contributed by atoms with Gasteiger partial charge in [-0.3, -0.25) is 4.79 Å². The molecule has 4 heteroatoms. The highest BCUT2D eigenvalue weighted by Gasteiger charge is 2.18. The van der Waals surface area contributed by atoms with Gasteiger partial charge in [0.15, 0.2) is 5.78 Å². The molecule has 0 N–H and O–H groups in total. The van der Waals surface area contributed by atoms with E-state index in [0.29, 0.717) is 22.0 Å². The molecule has 0 unspecified atom stereocenters. The number of carbonyl (C=O) groups is 1. The summed E-state index contributed by atoms with van der Waals surface area (Å²) in [7, 11) is 0. The highest BCUT2D eigenvalue weighted by atomic mass is 35.5. The first-order valence-electron chi connectivity index (χ1n) is 7.88. The molecule has 126 valence electrons. The van der Waals surface area contributed by atoms with Gasteiger partial charge in [-0.25, -0.2) is 0 Å². The van der Waals surface area contributed by atoms with Crippen molar-refractivity contribution in [2.24, 2.45) is 0 Å². The maximum Gasteiger partial charge on any atom is 0.164 e. The van der Waals surface area contributed by atoms with Crippen LogP contribution in [-0.2, 0) is 0 Å². The van der Waals surface area contributed by atoms with Crippen LogP contribution in [-0.4, -0.2) is 5.78 Å². The third kappa shape index (κ3) is 5.12. The second kappa shape index (κ2) is 8.57. The minimum atomic E-state index is 0.0329. The number of hydrogen-bond acceptors (Lipinski definition) is 2. The van der Waals surface area contributed by atoms with E-state index in [4.69, 9.17) is 23.2 Å². The Morgan fingerprint density at radius 3 is 1.96 bits per heavy atom. The number of halogens is 2. The third-order valence-corrected chi connectivity index (χ3v) is 5.57. The normalized spacial score (nSPS) is 11.9. The summed E-state index contributed by atoms with van der Waals surface area (Å²) >= 11 is 13.6. The summed E-state index contributed by atoms with van der Waals surface area (Å²) in [4.78, 5) is 13.8. The predicted octanol–water partition coefficient (Wildman–Crippen LogP) is 7.10. The average molecular weight is 387 g/mol. The van der Waals surface area contributed by atoms with Gasteiger partial charge in [-0.15, -0.1) is 11.8 Å². The number of Topliss-reactive ketones (excluding diaryl/α,β-unsaturated/α-hetero) is 1. The Balaban J connectivity index is 1.82. The van der Waals surface area contributed by atoms with Crippen molar-refractivity contribution in [2.45, 2.75) is 16.6 Å². The zero-order valence-electron chi connectivity index (χ0n) is 13.4. The molecular weight excluding hydrogens is 371 g/mol. The summed E-state index contributed by atoms with van der Waals surface area (Å²) in [6.45, 7) is 0. The van der Waals surface area contributed by atoms with Gasteiger partial charge < -0.3 is 0 Å². The van der Waals surface area contributed by atoms with E-state index in [-0.39, 0.29) is 11.0 Å². The van der Waals surface area contributed by atoms with Gasteiger partial charge in [0.2, 0.25) is 0 Å². The first kappa shape index (κ1) is 18.1. The SMILES string of the molecule is O=C(C[C@@H](Sc1ccc(Cl)cc1)c1ccccc1)c1ccc(Cl)cc1. The van der Waals surface area contributed by atoms with Crippen molar-refractivity contribution in [3.63, 3.8) is 0 Å². The minimum absolute atomic E-state index is 0.0329. The molecule has 0 heterocycles. The molecule has 1 nitrogen and oxygen atoms in total. The summed E-state index contributed by atoms with van der Waals surface area (Å²) in [5, 5.41) is 1.37. The minimum Gasteiger partial charge on any atom is -0.294 e. The van der Waals surface area contributed by atoms with Crippen LogP contribution in [0.3, 0.4) is 0 Å². The van der Waals surface area contributed by atoms with Crippen LogP contribution >= 0.6 is 35.0 Å². The van der Waals surface area contributed by atoms with Gasteiger partial charge in [-0.1, -0.05) is 53.5 Å². The molecule has 0 saturated heterocycles. The Labute approximate surface area is 162 Å². The Morgan fingerprint density at radius 2 is 1.36 bits per heavy atom. The molecule has 0 amide bonds. The molecule has 0 aliphatic rings. The maximum absolute atomic E-state index is 12.7. The maximum atomic E-state index is 12.7. The van der Waals surface area contributed by atoms with E-state index >= 15 is 0 Å². The van der Waals surface area contributed by atoms with Crippen LogP contribution in [0.15, 0.2) is 83.8 Å². The fraction of sp³-hybridized carbons (Fsp3) is 0.0952. The van der Waals surface area contributed by atoms with Crippen molar-refractivity contribution in [3.8, 4) is 0 Å². The van der Waals surface area contributed by atoms with Crippen LogP contribution in [0.1, 0.15) is 27.6 Å². The van der Waals surface area contributed by atoms with Crippen LogP contribution in [0.4, 0.5) is 0 Å². The van der Waals surface area contributed by atoms with Crippen molar-refractivity contribution in [2.75, 3.05) is 0 Å². The van der Waals surface area contributed by atoms with Crippen molar-refractivity contribution in [1.29, 1.82) is 0 Å². The molecule has 3 aromatic rings. The monoisotopic (exact) mass is 386 g/mol. The highest BCUT2D eigenvalue weighted by Crippen LogP contribution is 2.38. The van der Waals surface area contributed by atoms with Crippen LogP contribution in [0, 0.1) is 0 Å². The lowest BCUT2D eigenvalue weighted by atomic mass is 10.0. The van der Waals surface area contributed by atoms with Crippen molar-refractivity contribution in [3.05, 3.63) is 100 Å². The number of thioether (sulfide) groups is 1. The van der Waals surface area contributed by atoms with E-state index in [2.05, 4.69) is 12.1 Å². The van der Waals surface area contributed by atoms with Crippen molar-refractivity contribution in [1.82, 2.24) is 0 Å². The van der Waals surface area contributed by atoms with Crippen LogP contribution < -0.4 is 0 Å². The fourth-order valence-corrected chi connectivity index (χ4v) is 3.90. The van der Waals surface area contributed by atoms with Gasteiger partial charge >= 0.3 is 0 Å². The van der Waals surface area contributed by atoms with E-state index in [1.165, 1.54) is 0 Å². The lowest BCUT2D eigenvalue weighted by Gasteiger charge is -2.17. The summed E-state index contributed by atoms with van der Waals surface area (Å²) in [6, 6.07) is 24.8. The summed E-state index contributed by atoms with van der Waals surface area (Å²) in [5.74, 6) is 0.104. The van der Waals surface area contributed by atoms with Gasteiger partial charge in [-0.2, -0.15) is 0 Å². The van der Waals surface area contributed by atoms with E-state index in [1.54, 1.807) is 36.0 Å². The smallest absolute Gasteiger partial charge is 0.164 e.